The van der Waals surface area contributed by atoms with Crippen molar-refractivity contribution in [3.8, 4) is 5.75 Å². The summed E-state index contributed by atoms with van der Waals surface area (Å²) in [6.45, 7) is 5.46. The van der Waals surface area contributed by atoms with Gasteiger partial charge in [-0.15, -0.1) is 0 Å². The molecule has 0 radical (unpaired) electrons. The summed E-state index contributed by atoms with van der Waals surface area (Å²) < 4.78 is 16.5. The third-order valence-electron chi connectivity index (χ3n) is 4.25. The molecule has 0 atom stereocenters. The monoisotopic (exact) mass is 345 g/mol. The molecule has 0 bridgehead atoms. The van der Waals surface area contributed by atoms with Crippen molar-refractivity contribution in [2.24, 2.45) is 0 Å². The Bertz CT molecular complexity index is 708. The number of nitrogens with zero attached hydrogens (tertiary/aromatic N) is 3. The van der Waals surface area contributed by atoms with Crippen LogP contribution in [-0.4, -0.2) is 46.7 Å². The smallest absolute Gasteiger partial charge is 0.260 e. The van der Waals surface area contributed by atoms with E-state index in [-0.39, 0.29) is 18.6 Å². The maximum absolute atomic E-state index is 12.3. The number of likely N-dealkylation sites (tertiary alicyclic amines) is 1. The predicted molar refractivity (Wildman–Crippen MR) is 90.1 cm³/mol. The van der Waals surface area contributed by atoms with Crippen molar-refractivity contribution in [1.82, 2.24) is 15.0 Å². The zero-order valence-electron chi connectivity index (χ0n) is 14.6. The first-order valence-electron chi connectivity index (χ1n) is 8.49. The lowest BCUT2D eigenvalue weighted by atomic mass is 10.1. The molecule has 1 aliphatic rings. The van der Waals surface area contributed by atoms with Crippen LogP contribution in [0.3, 0.4) is 0 Å². The molecular formula is C18H23N3O4. The number of para-hydroxylation sites is 1. The van der Waals surface area contributed by atoms with E-state index >= 15 is 0 Å². The molecule has 7 nitrogen and oxygen atoms in total. The third-order valence-corrected chi connectivity index (χ3v) is 4.25. The average Bonchev–Trinajstić information content (AvgIpc) is 3.05. The number of rotatable bonds is 6. The van der Waals surface area contributed by atoms with Gasteiger partial charge in [-0.05, 0) is 38.3 Å². The van der Waals surface area contributed by atoms with Crippen molar-refractivity contribution in [3.05, 3.63) is 41.5 Å². The van der Waals surface area contributed by atoms with E-state index in [0.717, 1.165) is 24.2 Å². The molecular weight excluding hydrogens is 322 g/mol. The van der Waals surface area contributed by atoms with Crippen molar-refractivity contribution in [1.29, 1.82) is 0 Å². The molecule has 3 rings (SSSR count). The van der Waals surface area contributed by atoms with E-state index in [4.69, 9.17) is 14.0 Å². The number of hydrogen-bond acceptors (Lipinski definition) is 6. The molecule has 0 spiro atoms. The van der Waals surface area contributed by atoms with Gasteiger partial charge in [0.15, 0.2) is 12.4 Å². The van der Waals surface area contributed by atoms with E-state index in [9.17, 15) is 4.79 Å². The number of carbonyl (C=O) groups is 1. The minimum absolute atomic E-state index is 0.00855. The molecule has 0 unspecified atom stereocenters. The SMILES string of the molecule is Cc1noc(COC2CCN(C(=O)COc3ccccc3C)CC2)n1. The van der Waals surface area contributed by atoms with Gasteiger partial charge in [0, 0.05) is 13.1 Å². The molecule has 2 aromatic rings. The summed E-state index contributed by atoms with van der Waals surface area (Å²) in [5.41, 5.74) is 1.03. The molecule has 1 amide bonds. The first kappa shape index (κ1) is 17.4. The Kier molecular flexibility index (Phi) is 5.65. The third kappa shape index (κ3) is 4.79. The molecule has 1 aromatic heterocycles. The van der Waals surface area contributed by atoms with Crippen LogP contribution < -0.4 is 4.74 Å². The molecule has 25 heavy (non-hydrogen) atoms. The van der Waals surface area contributed by atoms with Crippen LogP contribution in [0, 0.1) is 13.8 Å². The average molecular weight is 345 g/mol. The Morgan fingerprint density at radius 2 is 2.04 bits per heavy atom. The first-order chi connectivity index (χ1) is 12.1. The summed E-state index contributed by atoms with van der Waals surface area (Å²) in [4.78, 5) is 18.2. The van der Waals surface area contributed by atoms with Gasteiger partial charge >= 0.3 is 0 Å². The zero-order chi connectivity index (χ0) is 17.6. The van der Waals surface area contributed by atoms with E-state index in [1.165, 1.54) is 0 Å². The lowest BCUT2D eigenvalue weighted by Gasteiger charge is -2.31. The number of amides is 1. The Labute approximate surface area is 146 Å². The zero-order valence-corrected chi connectivity index (χ0v) is 14.6. The van der Waals surface area contributed by atoms with Gasteiger partial charge in [0.05, 0.1) is 6.10 Å². The number of carbonyl (C=O) groups excluding carboxylic acids is 1. The quantitative estimate of drug-likeness (QED) is 0.799. The number of piperidine rings is 1. The lowest BCUT2D eigenvalue weighted by molar-refractivity contribution is -0.136. The second kappa shape index (κ2) is 8.11. The minimum atomic E-state index is 0.00855. The Hall–Kier alpha value is -2.41. The van der Waals surface area contributed by atoms with E-state index in [0.29, 0.717) is 31.4 Å². The van der Waals surface area contributed by atoms with Gasteiger partial charge in [0.25, 0.3) is 11.8 Å². The van der Waals surface area contributed by atoms with Crippen LogP contribution in [0.5, 0.6) is 5.75 Å². The minimum Gasteiger partial charge on any atom is -0.484 e. The molecule has 1 saturated heterocycles. The molecule has 1 fully saturated rings. The standard InChI is InChI=1S/C18H23N3O4/c1-13-5-3-4-6-16(13)24-12-18(22)21-9-7-15(8-10-21)23-11-17-19-14(2)20-25-17/h3-6,15H,7-12H2,1-2H3. The van der Waals surface area contributed by atoms with Crippen LogP contribution in [0.25, 0.3) is 0 Å². The highest BCUT2D eigenvalue weighted by atomic mass is 16.5. The van der Waals surface area contributed by atoms with Crippen molar-refractivity contribution in [3.63, 3.8) is 0 Å². The lowest BCUT2D eigenvalue weighted by Crippen LogP contribution is -2.43. The fraction of sp³-hybridized carbons (Fsp3) is 0.500. The van der Waals surface area contributed by atoms with Crippen LogP contribution in [0.2, 0.25) is 0 Å². The highest BCUT2D eigenvalue weighted by Gasteiger charge is 2.24. The molecule has 0 N–H and O–H groups in total. The first-order valence-corrected chi connectivity index (χ1v) is 8.49. The number of ether oxygens (including phenoxy) is 2. The molecule has 1 aromatic carbocycles. The molecule has 0 aliphatic carbocycles. The van der Waals surface area contributed by atoms with Crippen LogP contribution in [0.1, 0.15) is 30.1 Å². The van der Waals surface area contributed by atoms with Gasteiger partial charge in [0.2, 0.25) is 0 Å². The second-order valence-electron chi connectivity index (χ2n) is 6.18. The van der Waals surface area contributed by atoms with Gasteiger partial charge in [-0.1, -0.05) is 23.4 Å². The highest BCUT2D eigenvalue weighted by Crippen LogP contribution is 2.18. The van der Waals surface area contributed by atoms with Crippen molar-refractivity contribution >= 4 is 5.91 Å². The summed E-state index contributed by atoms with van der Waals surface area (Å²) in [6, 6.07) is 7.69. The number of aromatic nitrogens is 2. The van der Waals surface area contributed by atoms with Gasteiger partial charge in [-0.25, -0.2) is 0 Å². The van der Waals surface area contributed by atoms with Gasteiger partial charge in [-0.2, -0.15) is 4.98 Å². The molecule has 134 valence electrons. The number of hydrogen-bond donors (Lipinski definition) is 0. The van der Waals surface area contributed by atoms with E-state index in [1.54, 1.807) is 6.92 Å². The Morgan fingerprint density at radius 3 is 2.72 bits per heavy atom. The van der Waals surface area contributed by atoms with Gasteiger partial charge < -0.3 is 18.9 Å². The summed E-state index contributed by atoms with van der Waals surface area (Å²) in [5, 5.41) is 3.73. The summed E-state index contributed by atoms with van der Waals surface area (Å²) in [6.07, 6.45) is 1.69. The Balaban J connectivity index is 1.39. The number of aryl methyl sites for hydroxylation is 2. The van der Waals surface area contributed by atoms with Gasteiger partial charge in [0.1, 0.15) is 12.4 Å². The molecule has 1 aliphatic heterocycles. The topological polar surface area (TPSA) is 77.7 Å². The maximum Gasteiger partial charge on any atom is 0.260 e. The summed E-state index contributed by atoms with van der Waals surface area (Å²) in [5.74, 6) is 1.86. The predicted octanol–water partition coefficient (Wildman–Crippen LogP) is 2.27. The van der Waals surface area contributed by atoms with Gasteiger partial charge in [-0.3, -0.25) is 4.79 Å². The van der Waals surface area contributed by atoms with Crippen LogP contribution in [-0.2, 0) is 16.1 Å². The van der Waals surface area contributed by atoms with Crippen molar-refractivity contribution in [2.45, 2.75) is 39.4 Å². The normalized spacial score (nSPS) is 15.4. The summed E-state index contributed by atoms with van der Waals surface area (Å²) in [7, 11) is 0. The fourth-order valence-corrected chi connectivity index (χ4v) is 2.81. The second-order valence-corrected chi connectivity index (χ2v) is 6.18. The van der Waals surface area contributed by atoms with Crippen LogP contribution in [0.4, 0.5) is 0 Å². The van der Waals surface area contributed by atoms with Crippen LogP contribution >= 0.6 is 0 Å². The highest BCUT2D eigenvalue weighted by molar-refractivity contribution is 5.77. The molecule has 7 heteroatoms. The largest absolute Gasteiger partial charge is 0.484 e. The van der Waals surface area contributed by atoms with Crippen molar-refractivity contribution < 1.29 is 18.8 Å². The van der Waals surface area contributed by atoms with E-state index < -0.39 is 0 Å². The maximum atomic E-state index is 12.3. The van der Waals surface area contributed by atoms with Crippen molar-refractivity contribution in [2.75, 3.05) is 19.7 Å². The molecule has 2 heterocycles. The molecule has 0 saturated carbocycles. The fourth-order valence-electron chi connectivity index (χ4n) is 2.81. The van der Waals surface area contributed by atoms with E-state index in [2.05, 4.69) is 10.1 Å². The van der Waals surface area contributed by atoms with Crippen LogP contribution in [0.15, 0.2) is 28.8 Å². The number of benzene rings is 1. The summed E-state index contributed by atoms with van der Waals surface area (Å²) >= 11 is 0. The Morgan fingerprint density at radius 1 is 1.28 bits per heavy atom. The van der Waals surface area contributed by atoms with E-state index in [1.807, 2.05) is 36.1 Å².